The number of rotatable bonds is 7. The van der Waals surface area contributed by atoms with E-state index in [1.54, 1.807) is 0 Å². The van der Waals surface area contributed by atoms with E-state index in [0.717, 1.165) is 23.1 Å². The van der Waals surface area contributed by atoms with Crippen LogP contribution in [0, 0.1) is 0 Å². The van der Waals surface area contributed by atoms with Gasteiger partial charge in [0.1, 0.15) is 5.75 Å². The summed E-state index contributed by atoms with van der Waals surface area (Å²) in [6, 6.07) is 20.4. The average molecular weight is 406 g/mol. The van der Waals surface area contributed by atoms with Crippen molar-refractivity contribution in [1.82, 2.24) is 4.98 Å². The first-order valence-electron chi connectivity index (χ1n) is 8.48. The van der Waals surface area contributed by atoms with Crippen molar-refractivity contribution in [2.24, 2.45) is 0 Å². The predicted molar refractivity (Wildman–Crippen MR) is 96.1 cm³/mol. The van der Waals surface area contributed by atoms with Gasteiger partial charge in [0.25, 0.3) is 0 Å². The number of aromatic nitrogens is 1. The van der Waals surface area contributed by atoms with Crippen molar-refractivity contribution < 1.29 is 24.2 Å². The summed E-state index contributed by atoms with van der Waals surface area (Å²) in [5, 5.41) is 1.13. The van der Waals surface area contributed by atoms with Gasteiger partial charge in [0.2, 0.25) is 5.88 Å². The van der Waals surface area contributed by atoms with Gasteiger partial charge in [0.05, 0.1) is 5.52 Å². The number of hydrogen-bond acceptors (Lipinski definition) is 2. The molecular weight excluding hydrogens is 383 g/mol. The summed E-state index contributed by atoms with van der Waals surface area (Å²) in [6.45, 7) is 2.24. The Morgan fingerprint density at radius 3 is 2.42 bits per heavy atom. The van der Waals surface area contributed by atoms with Crippen molar-refractivity contribution in [3.05, 3.63) is 66.2 Å². The third-order valence-corrected chi connectivity index (χ3v) is 4.04. The molecule has 0 saturated heterocycles. The van der Waals surface area contributed by atoms with E-state index >= 15 is 0 Å². The number of unbranched alkanes of at least 4 members (excludes halogenated alkanes) is 3. The summed E-state index contributed by atoms with van der Waals surface area (Å²) in [4.78, 5) is 4.54. The fourth-order valence-corrected chi connectivity index (χ4v) is 2.70. The molecule has 0 bridgehead atoms. The number of hydrogen-bond donors (Lipinski definition) is 0. The molecule has 0 fully saturated rings. The van der Waals surface area contributed by atoms with Gasteiger partial charge in [-0.1, -0.05) is 56.5 Å². The van der Waals surface area contributed by atoms with Crippen LogP contribution in [-0.2, 0) is 25.9 Å². The molecule has 0 atom stereocenters. The van der Waals surface area contributed by atoms with E-state index in [4.69, 9.17) is 4.74 Å². The van der Waals surface area contributed by atoms with E-state index < -0.39 is 0 Å². The average Bonchev–Trinajstić information content (AvgIpc) is 2.60. The van der Waals surface area contributed by atoms with Gasteiger partial charge in [-0.3, -0.25) is 0 Å². The molecular formula is C21H23NORu. The fraction of sp³-hybridized carbons (Fsp3) is 0.286. The first-order chi connectivity index (χ1) is 11.3. The second kappa shape index (κ2) is 9.54. The summed E-state index contributed by atoms with van der Waals surface area (Å²) < 4.78 is 5.87. The number of ether oxygens (including phenoxy) is 1. The van der Waals surface area contributed by atoms with Crippen LogP contribution in [0.4, 0.5) is 0 Å². The maximum absolute atomic E-state index is 5.87. The summed E-state index contributed by atoms with van der Waals surface area (Å²) in [6.07, 6.45) is 6.34. The Bertz CT molecular complexity index is 755. The largest absolute Gasteiger partial charge is 0.439 e. The molecule has 0 aliphatic heterocycles. The molecule has 0 N–H and O–H groups in total. The van der Waals surface area contributed by atoms with Gasteiger partial charge in [0, 0.05) is 30.9 Å². The molecule has 126 valence electrons. The maximum atomic E-state index is 5.87. The number of pyridine rings is 1. The Labute approximate surface area is 157 Å². The molecule has 0 aliphatic rings. The number of fused-ring (bicyclic) bond motifs is 1. The van der Waals surface area contributed by atoms with Crippen LogP contribution in [0.3, 0.4) is 0 Å². The Balaban J connectivity index is 0.00000208. The first kappa shape index (κ1) is 18.6. The molecule has 0 unspecified atom stereocenters. The van der Waals surface area contributed by atoms with Gasteiger partial charge < -0.3 is 4.74 Å². The van der Waals surface area contributed by atoms with Crippen LogP contribution >= 0.6 is 0 Å². The Kier molecular flexibility index (Phi) is 7.40. The summed E-state index contributed by atoms with van der Waals surface area (Å²) in [5.41, 5.74) is 2.33. The standard InChI is InChI=1S/C21H23NO.Ru/c1-2-3-4-5-8-17-11-14-19(15-12-17)23-21-16-13-18-9-6-7-10-20(18)22-21;/h6-7,9-16H,2-5,8H2,1H3;. The van der Waals surface area contributed by atoms with Crippen LogP contribution in [0.5, 0.6) is 11.6 Å². The molecule has 1 aromatic heterocycles. The summed E-state index contributed by atoms with van der Waals surface area (Å²) in [7, 11) is 0. The molecule has 0 saturated carbocycles. The SMILES string of the molecule is CCCCCCc1ccc(Oc2ccc3ccccc3n2)cc1.[Ru]. The van der Waals surface area contributed by atoms with Gasteiger partial charge in [-0.15, -0.1) is 0 Å². The van der Waals surface area contributed by atoms with Crippen LogP contribution in [-0.4, -0.2) is 4.98 Å². The van der Waals surface area contributed by atoms with Gasteiger partial charge in [-0.25, -0.2) is 4.98 Å². The normalized spacial score (nSPS) is 10.4. The monoisotopic (exact) mass is 407 g/mol. The number of para-hydroxylation sites is 1. The summed E-state index contributed by atoms with van der Waals surface area (Å²) >= 11 is 0. The third kappa shape index (κ3) is 5.14. The molecule has 3 aromatic rings. The summed E-state index contributed by atoms with van der Waals surface area (Å²) in [5.74, 6) is 1.48. The van der Waals surface area contributed by atoms with E-state index in [1.807, 2.05) is 42.5 Å². The Hall–Kier alpha value is -1.73. The molecule has 3 heteroatoms. The molecule has 0 radical (unpaired) electrons. The molecule has 2 aromatic carbocycles. The quantitative estimate of drug-likeness (QED) is 0.347. The molecule has 3 rings (SSSR count). The zero-order valence-corrected chi connectivity index (χ0v) is 15.8. The second-order valence-electron chi connectivity index (χ2n) is 5.90. The number of benzene rings is 2. The first-order valence-corrected chi connectivity index (χ1v) is 8.48. The van der Waals surface area contributed by atoms with Gasteiger partial charge in [-0.05, 0) is 42.7 Å². The van der Waals surface area contributed by atoms with Gasteiger partial charge in [-0.2, -0.15) is 0 Å². The zero-order chi connectivity index (χ0) is 15.9. The van der Waals surface area contributed by atoms with E-state index in [0.29, 0.717) is 5.88 Å². The number of aryl methyl sites for hydroxylation is 1. The van der Waals surface area contributed by atoms with Crippen LogP contribution < -0.4 is 4.74 Å². The topological polar surface area (TPSA) is 22.1 Å². The minimum Gasteiger partial charge on any atom is -0.439 e. The second-order valence-corrected chi connectivity index (χ2v) is 5.90. The van der Waals surface area contributed by atoms with Gasteiger partial charge >= 0.3 is 0 Å². The van der Waals surface area contributed by atoms with Crippen molar-refractivity contribution in [3.8, 4) is 11.6 Å². The Morgan fingerprint density at radius 2 is 1.62 bits per heavy atom. The number of nitrogens with zero attached hydrogens (tertiary/aromatic N) is 1. The van der Waals surface area contributed by atoms with Crippen molar-refractivity contribution in [1.29, 1.82) is 0 Å². The van der Waals surface area contributed by atoms with Crippen LogP contribution in [0.25, 0.3) is 10.9 Å². The molecule has 1 heterocycles. The molecule has 2 nitrogen and oxygen atoms in total. The van der Waals surface area contributed by atoms with E-state index in [2.05, 4.69) is 30.1 Å². The minimum atomic E-state index is 0. The van der Waals surface area contributed by atoms with Crippen molar-refractivity contribution in [2.45, 2.75) is 39.0 Å². The van der Waals surface area contributed by atoms with Crippen LogP contribution in [0.1, 0.15) is 38.2 Å². The van der Waals surface area contributed by atoms with Crippen molar-refractivity contribution in [2.75, 3.05) is 0 Å². The van der Waals surface area contributed by atoms with Crippen molar-refractivity contribution in [3.63, 3.8) is 0 Å². The Morgan fingerprint density at radius 1 is 0.833 bits per heavy atom. The molecule has 0 amide bonds. The predicted octanol–water partition coefficient (Wildman–Crippen LogP) is 6.15. The molecule has 0 aliphatic carbocycles. The third-order valence-electron chi connectivity index (χ3n) is 4.04. The fourth-order valence-electron chi connectivity index (χ4n) is 2.70. The van der Waals surface area contributed by atoms with Crippen LogP contribution in [0.15, 0.2) is 60.7 Å². The molecule has 24 heavy (non-hydrogen) atoms. The van der Waals surface area contributed by atoms with Gasteiger partial charge in [0.15, 0.2) is 0 Å². The maximum Gasteiger partial charge on any atom is 0.219 e. The smallest absolute Gasteiger partial charge is 0.219 e. The minimum absolute atomic E-state index is 0. The van der Waals surface area contributed by atoms with Crippen molar-refractivity contribution >= 4 is 10.9 Å². The van der Waals surface area contributed by atoms with E-state index in [9.17, 15) is 0 Å². The van der Waals surface area contributed by atoms with E-state index in [1.165, 1.54) is 31.2 Å². The van der Waals surface area contributed by atoms with Crippen LogP contribution in [0.2, 0.25) is 0 Å². The van der Waals surface area contributed by atoms with E-state index in [-0.39, 0.29) is 19.5 Å². The molecule has 0 spiro atoms. The zero-order valence-electron chi connectivity index (χ0n) is 14.0.